The Balaban J connectivity index is 1.51. The van der Waals surface area contributed by atoms with Gasteiger partial charge in [-0.1, -0.05) is 12.1 Å². The Kier molecular flexibility index (Phi) is 6.09. The Morgan fingerprint density at radius 2 is 2.00 bits per heavy atom. The quantitative estimate of drug-likeness (QED) is 0.728. The lowest BCUT2D eigenvalue weighted by Gasteiger charge is -2.26. The van der Waals surface area contributed by atoms with Gasteiger partial charge in [0.25, 0.3) is 5.91 Å². The van der Waals surface area contributed by atoms with Crippen LogP contribution in [-0.4, -0.2) is 37.0 Å². The molecule has 0 aliphatic carbocycles. The number of rotatable bonds is 9. The number of ether oxygens (including phenoxy) is 1. The van der Waals surface area contributed by atoms with E-state index < -0.39 is 5.91 Å². The third kappa shape index (κ3) is 5.08. The number of hydrogen-bond acceptors (Lipinski definition) is 5. The van der Waals surface area contributed by atoms with E-state index in [2.05, 4.69) is 16.3 Å². The van der Waals surface area contributed by atoms with Gasteiger partial charge in [0.05, 0.1) is 12.3 Å². The number of nitrogens with two attached hydrogens (primary N) is 1. The monoisotopic (exact) mass is 343 g/mol. The maximum Gasteiger partial charge on any atom is 0.255 e. The summed E-state index contributed by atoms with van der Waals surface area (Å²) in [6.45, 7) is 3.75. The van der Waals surface area contributed by atoms with E-state index in [1.165, 1.54) is 12.8 Å². The van der Waals surface area contributed by atoms with Crippen LogP contribution in [-0.2, 0) is 11.3 Å². The third-order valence-corrected chi connectivity index (χ3v) is 4.42. The lowest BCUT2D eigenvalue weighted by Crippen LogP contribution is -2.33. The first-order valence-electron chi connectivity index (χ1n) is 8.70. The van der Waals surface area contributed by atoms with E-state index in [-0.39, 0.29) is 12.6 Å². The molecule has 1 amide bonds. The highest BCUT2D eigenvalue weighted by atomic mass is 16.5. The molecule has 0 bridgehead atoms. The van der Waals surface area contributed by atoms with E-state index in [0.717, 1.165) is 37.5 Å². The number of furan rings is 1. The van der Waals surface area contributed by atoms with Gasteiger partial charge < -0.3 is 20.2 Å². The first kappa shape index (κ1) is 17.5. The van der Waals surface area contributed by atoms with Gasteiger partial charge >= 0.3 is 0 Å². The zero-order chi connectivity index (χ0) is 17.5. The zero-order valence-electron chi connectivity index (χ0n) is 14.3. The Labute approximate surface area is 147 Å². The molecule has 1 unspecified atom stereocenters. The van der Waals surface area contributed by atoms with Crippen LogP contribution >= 0.6 is 0 Å². The number of carbonyl (C=O) groups excluding carboxylic acids is 1. The standard InChI is InChI=1S/C19H25N3O3/c20-19(23)14-25-16-7-5-15(6-8-16)12-21-13-17(18-4-3-11-24-18)22-9-1-2-10-22/h3-8,11,17,21H,1-2,9-10,12-14H2,(H2,20,23). The molecule has 0 spiro atoms. The summed E-state index contributed by atoms with van der Waals surface area (Å²) in [5.41, 5.74) is 6.23. The molecule has 3 N–H and O–H groups in total. The molecule has 134 valence electrons. The predicted octanol–water partition coefficient (Wildman–Crippen LogP) is 2.07. The molecule has 6 nitrogen and oxygen atoms in total. The summed E-state index contributed by atoms with van der Waals surface area (Å²) >= 11 is 0. The van der Waals surface area contributed by atoms with Crippen LogP contribution in [0.4, 0.5) is 0 Å². The molecule has 1 aliphatic heterocycles. The van der Waals surface area contributed by atoms with E-state index in [4.69, 9.17) is 14.9 Å². The van der Waals surface area contributed by atoms with E-state index in [1.54, 1.807) is 6.26 Å². The molecule has 6 heteroatoms. The Morgan fingerprint density at radius 1 is 1.24 bits per heavy atom. The van der Waals surface area contributed by atoms with E-state index in [9.17, 15) is 4.79 Å². The van der Waals surface area contributed by atoms with Crippen LogP contribution in [0, 0.1) is 0 Å². The highest BCUT2D eigenvalue weighted by molar-refractivity contribution is 5.75. The molecular formula is C19H25N3O3. The largest absolute Gasteiger partial charge is 0.484 e. The van der Waals surface area contributed by atoms with Gasteiger partial charge in [-0.2, -0.15) is 0 Å². The number of hydrogen-bond donors (Lipinski definition) is 2. The first-order chi connectivity index (χ1) is 12.2. The van der Waals surface area contributed by atoms with Crippen LogP contribution in [0.5, 0.6) is 5.75 Å². The van der Waals surface area contributed by atoms with Gasteiger partial charge in [-0.3, -0.25) is 9.69 Å². The minimum Gasteiger partial charge on any atom is -0.484 e. The van der Waals surface area contributed by atoms with Gasteiger partial charge in [0.2, 0.25) is 0 Å². The van der Waals surface area contributed by atoms with Crippen molar-refractivity contribution in [1.82, 2.24) is 10.2 Å². The van der Waals surface area contributed by atoms with Crippen molar-refractivity contribution >= 4 is 5.91 Å². The maximum absolute atomic E-state index is 10.7. The fourth-order valence-corrected chi connectivity index (χ4v) is 3.15. The lowest BCUT2D eigenvalue weighted by atomic mass is 10.1. The van der Waals surface area contributed by atoms with Crippen molar-refractivity contribution in [3.05, 3.63) is 54.0 Å². The lowest BCUT2D eigenvalue weighted by molar-refractivity contribution is -0.119. The van der Waals surface area contributed by atoms with Gasteiger partial charge in [-0.15, -0.1) is 0 Å². The van der Waals surface area contributed by atoms with Gasteiger partial charge in [-0.25, -0.2) is 0 Å². The molecule has 2 aromatic rings. The fraction of sp³-hybridized carbons (Fsp3) is 0.421. The van der Waals surface area contributed by atoms with Crippen LogP contribution < -0.4 is 15.8 Å². The van der Waals surface area contributed by atoms with Gasteiger partial charge in [-0.05, 0) is 55.8 Å². The van der Waals surface area contributed by atoms with E-state index >= 15 is 0 Å². The second kappa shape index (κ2) is 8.69. The van der Waals surface area contributed by atoms with Crippen molar-refractivity contribution in [2.75, 3.05) is 26.2 Å². The molecular weight excluding hydrogens is 318 g/mol. The average molecular weight is 343 g/mol. The minimum absolute atomic E-state index is 0.0989. The normalized spacial score (nSPS) is 16.0. The van der Waals surface area contributed by atoms with Crippen LogP contribution in [0.1, 0.15) is 30.2 Å². The van der Waals surface area contributed by atoms with Crippen LogP contribution in [0.3, 0.4) is 0 Å². The second-order valence-corrected chi connectivity index (χ2v) is 6.30. The summed E-state index contributed by atoms with van der Waals surface area (Å²) in [5.74, 6) is 1.19. The highest BCUT2D eigenvalue weighted by Crippen LogP contribution is 2.25. The van der Waals surface area contributed by atoms with Gasteiger partial charge in [0.1, 0.15) is 11.5 Å². The number of benzene rings is 1. The topological polar surface area (TPSA) is 80.7 Å². The molecule has 0 radical (unpaired) electrons. The van der Waals surface area contributed by atoms with Crippen LogP contribution in [0.25, 0.3) is 0 Å². The van der Waals surface area contributed by atoms with E-state index in [1.807, 2.05) is 30.3 Å². The van der Waals surface area contributed by atoms with Crippen molar-refractivity contribution in [3.8, 4) is 5.75 Å². The summed E-state index contributed by atoms with van der Waals surface area (Å²) in [6, 6.07) is 12.0. The van der Waals surface area contributed by atoms with Crippen LogP contribution in [0.2, 0.25) is 0 Å². The smallest absolute Gasteiger partial charge is 0.255 e. The summed E-state index contributed by atoms with van der Waals surface area (Å²) in [7, 11) is 0. The Bertz CT molecular complexity index is 649. The molecule has 2 heterocycles. The Morgan fingerprint density at radius 3 is 2.64 bits per heavy atom. The van der Waals surface area contributed by atoms with Crippen LogP contribution in [0.15, 0.2) is 47.1 Å². The summed E-state index contributed by atoms with van der Waals surface area (Å²) in [4.78, 5) is 13.2. The number of nitrogens with one attached hydrogen (secondary N) is 1. The number of nitrogens with zero attached hydrogens (tertiary/aromatic N) is 1. The van der Waals surface area contributed by atoms with E-state index in [0.29, 0.717) is 5.75 Å². The van der Waals surface area contributed by atoms with Crippen molar-refractivity contribution in [1.29, 1.82) is 0 Å². The average Bonchev–Trinajstić information content (AvgIpc) is 3.32. The summed E-state index contributed by atoms with van der Waals surface area (Å²) in [5, 5.41) is 3.52. The highest BCUT2D eigenvalue weighted by Gasteiger charge is 2.24. The molecule has 1 fully saturated rings. The molecule has 3 rings (SSSR count). The molecule has 0 saturated carbocycles. The minimum atomic E-state index is -0.475. The first-order valence-corrected chi connectivity index (χ1v) is 8.70. The zero-order valence-corrected chi connectivity index (χ0v) is 14.3. The van der Waals surface area contributed by atoms with Crippen molar-refractivity contribution < 1.29 is 13.9 Å². The number of carbonyl (C=O) groups is 1. The fourth-order valence-electron chi connectivity index (χ4n) is 3.15. The Hall–Kier alpha value is -2.31. The number of likely N-dealkylation sites (tertiary alicyclic amines) is 1. The number of primary amides is 1. The SMILES string of the molecule is NC(=O)COc1ccc(CNCC(c2ccco2)N2CCCC2)cc1. The summed E-state index contributed by atoms with van der Waals surface area (Å²) < 4.78 is 10.9. The molecule has 1 saturated heterocycles. The van der Waals surface area contributed by atoms with Crippen molar-refractivity contribution in [3.63, 3.8) is 0 Å². The second-order valence-electron chi connectivity index (χ2n) is 6.30. The van der Waals surface area contributed by atoms with Crippen molar-refractivity contribution in [2.24, 2.45) is 5.73 Å². The molecule has 1 aromatic carbocycles. The maximum atomic E-state index is 10.7. The summed E-state index contributed by atoms with van der Waals surface area (Å²) in [6.07, 6.45) is 4.25. The number of amides is 1. The molecule has 25 heavy (non-hydrogen) atoms. The van der Waals surface area contributed by atoms with Crippen molar-refractivity contribution in [2.45, 2.75) is 25.4 Å². The molecule has 1 aliphatic rings. The van der Waals surface area contributed by atoms with Gasteiger partial charge in [0, 0.05) is 13.1 Å². The van der Waals surface area contributed by atoms with Gasteiger partial charge in [0.15, 0.2) is 6.61 Å². The molecule has 1 atom stereocenters. The third-order valence-electron chi connectivity index (χ3n) is 4.42. The predicted molar refractivity (Wildman–Crippen MR) is 95.1 cm³/mol. The molecule has 1 aromatic heterocycles.